The molecule has 86 valence electrons. The number of esters is 1. The molecule has 2 rings (SSSR count). The number of aromatic amines is 1. The van der Waals surface area contributed by atoms with Crippen LogP contribution in [0.25, 0.3) is 11.3 Å². The van der Waals surface area contributed by atoms with Gasteiger partial charge in [0.15, 0.2) is 0 Å². The van der Waals surface area contributed by atoms with E-state index in [-0.39, 0.29) is 5.56 Å². The maximum Gasteiger partial charge on any atom is 0.340 e. The molecule has 0 aliphatic rings. The predicted molar refractivity (Wildman–Crippen MR) is 63.8 cm³/mol. The average Bonchev–Trinajstić information content (AvgIpc) is 2.39. The summed E-state index contributed by atoms with van der Waals surface area (Å²) in [5.41, 5.74) is 1.34. The summed E-state index contributed by atoms with van der Waals surface area (Å²) < 4.78 is 4.68. The summed E-state index contributed by atoms with van der Waals surface area (Å²) in [4.78, 5) is 25.5. The van der Waals surface area contributed by atoms with Gasteiger partial charge in [0.25, 0.3) is 0 Å². The molecule has 0 saturated heterocycles. The van der Waals surface area contributed by atoms with Crippen molar-refractivity contribution in [3.05, 3.63) is 58.4 Å². The van der Waals surface area contributed by atoms with Crippen molar-refractivity contribution < 1.29 is 9.53 Å². The third-order valence-corrected chi connectivity index (χ3v) is 2.39. The zero-order chi connectivity index (χ0) is 12.3. The second kappa shape index (κ2) is 4.65. The maximum atomic E-state index is 11.6. The third kappa shape index (κ3) is 2.25. The molecule has 1 N–H and O–H groups in total. The first-order valence-electron chi connectivity index (χ1n) is 5.09. The number of methoxy groups -OCH3 is 1. The van der Waals surface area contributed by atoms with E-state index in [1.54, 1.807) is 0 Å². The molecule has 0 bridgehead atoms. The monoisotopic (exact) mass is 229 g/mol. The van der Waals surface area contributed by atoms with Crippen LogP contribution in [0.15, 0.2) is 47.3 Å². The minimum absolute atomic E-state index is 0.253. The summed E-state index contributed by atoms with van der Waals surface area (Å²) in [5, 5.41) is 0. The number of benzene rings is 1. The van der Waals surface area contributed by atoms with Crippen molar-refractivity contribution in [3.63, 3.8) is 0 Å². The van der Waals surface area contributed by atoms with Crippen molar-refractivity contribution in [3.8, 4) is 11.3 Å². The summed E-state index contributed by atoms with van der Waals surface area (Å²) in [6.45, 7) is 0. The van der Waals surface area contributed by atoms with Crippen LogP contribution in [0.2, 0.25) is 0 Å². The molecular weight excluding hydrogens is 218 g/mol. The van der Waals surface area contributed by atoms with Crippen molar-refractivity contribution in [2.75, 3.05) is 7.11 Å². The Bertz CT molecular complexity index is 587. The topological polar surface area (TPSA) is 59.2 Å². The first-order valence-corrected chi connectivity index (χ1v) is 5.09. The molecular formula is C13H11NO3. The smallest absolute Gasteiger partial charge is 0.340 e. The van der Waals surface area contributed by atoms with E-state index < -0.39 is 5.97 Å². The van der Waals surface area contributed by atoms with Gasteiger partial charge in [-0.1, -0.05) is 30.3 Å². The fourth-order valence-electron chi connectivity index (χ4n) is 1.59. The van der Waals surface area contributed by atoms with E-state index in [1.165, 1.54) is 19.2 Å². The van der Waals surface area contributed by atoms with Crippen LogP contribution in [0.1, 0.15) is 10.4 Å². The van der Waals surface area contributed by atoms with Crippen molar-refractivity contribution >= 4 is 5.97 Å². The summed E-state index contributed by atoms with van der Waals surface area (Å²) in [7, 11) is 1.31. The van der Waals surface area contributed by atoms with Crippen LogP contribution in [0.5, 0.6) is 0 Å². The van der Waals surface area contributed by atoms with Gasteiger partial charge in [-0.15, -0.1) is 0 Å². The minimum Gasteiger partial charge on any atom is -0.465 e. The van der Waals surface area contributed by atoms with Gasteiger partial charge >= 0.3 is 5.97 Å². The number of aromatic nitrogens is 1. The van der Waals surface area contributed by atoms with Crippen LogP contribution in [-0.2, 0) is 4.74 Å². The lowest BCUT2D eigenvalue weighted by Gasteiger charge is -2.07. The highest BCUT2D eigenvalue weighted by atomic mass is 16.5. The Labute approximate surface area is 97.9 Å². The van der Waals surface area contributed by atoms with Gasteiger partial charge in [0.05, 0.1) is 18.4 Å². The van der Waals surface area contributed by atoms with E-state index in [0.29, 0.717) is 11.3 Å². The lowest BCUT2D eigenvalue weighted by molar-refractivity contribution is 0.0601. The van der Waals surface area contributed by atoms with Gasteiger partial charge in [0.1, 0.15) is 0 Å². The van der Waals surface area contributed by atoms with Crippen molar-refractivity contribution in [2.24, 2.45) is 0 Å². The van der Waals surface area contributed by atoms with Crippen LogP contribution in [0.3, 0.4) is 0 Å². The Morgan fingerprint density at radius 3 is 2.47 bits per heavy atom. The number of hydrogen-bond acceptors (Lipinski definition) is 3. The Balaban J connectivity index is 2.63. The minimum atomic E-state index is -0.472. The number of nitrogens with one attached hydrogen (secondary N) is 1. The zero-order valence-corrected chi connectivity index (χ0v) is 9.27. The highest BCUT2D eigenvalue weighted by molar-refractivity contribution is 5.95. The van der Waals surface area contributed by atoms with Crippen molar-refractivity contribution in [1.29, 1.82) is 0 Å². The summed E-state index contributed by atoms with van der Waals surface area (Å²) in [6.07, 6.45) is 0. The van der Waals surface area contributed by atoms with Gasteiger partial charge in [-0.05, 0) is 11.6 Å². The fourth-order valence-corrected chi connectivity index (χ4v) is 1.59. The molecule has 4 nitrogen and oxygen atoms in total. The molecule has 2 aromatic rings. The number of ether oxygens (including phenoxy) is 1. The number of carbonyl (C=O) groups is 1. The second-order valence-corrected chi connectivity index (χ2v) is 3.47. The van der Waals surface area contributed by atoms with E-state index >= 15 is 0 Å². The molecule has 1 heterocycles. The van der Waals surface area contributed by atoms with Gasteiger partial charge in [0.2, 0.25) is 5.56 Å². The molecule has 0 aliphatic carbocycles. The number of carbonyl (C=O) groups excluding carboxylic acids is 1. The number of hydrogen-bond donors (Lipinski definition) is 1. The molecule has 0 unspecified atom stereocenters. The Morgan fingerprint density at radius 2 is 1.82 bits per heavy atom. The molecule has 0 aliphatic heterocycles. The highest BCUT2D eigenvalue weighted by Gasteiger charge is 2.13. The standard InChI is InChI=1S/C13H11NO3/c1-17-13(16)10-7-8-11(15)14-12(10)9-5-3-2-4-6-9/h2-8H,1H3,(H,14,15). The van der Waals surface area contributed by atoms with E-state index in [0.717, 1.165) is 5.56 Å². The van der Waals surface area contributed by atoms with Gasteiger partial charge < -0.3 is 9.72 Å². The van der Waals surface area contributed by atoms with Crippen LogP contribution >= 0.6 is 0 Å². The largest absolute Gasteiger partial charge is 0.465 e. The fraction of sp³-hybridized carbons (Fsp3) is 0.0769. The molecule has 1 aromatic heterocycles. The quantitative estimate of drug-likeness (QED) is 0.799. The Kier molecular flexibility index (Phi) is 3.05. The first kappa shape index (κ1) is 11.1. The Morgan fingerprint density at radius 1 is 1.12 bits per heavy atom. The lowest BCUT2D eigenvalue weighted by atomic mass is 10.1. The van der Waals surface area contributed by atoms with E-state index in [1.807, 2.05) is 30.3 Å². The number of rotatable bonds is 2. The van der Waals surface area contributed by atoms with Crippen LogP contribution in [0, 0.1) is 0 Å². The molecule has 17 heavy (non-hydrogen) atoms. The molecule has 0 spiro atoms. The van der Waals surface area contributed by atoms with E-state index in [9.17, 15) is 9.59 Å². The summed E-state index contributed by atoms with van der Waals surface area (Å²) in [5.74, 6) is -0.472. The van der Waals surface area contributed by atoms with Crippen LogP contribution < -0.4 is 5.56 Å². The number of H-pyrrole nitrogens is 1. The molecule has 0 atom stereocenters. The van der Waals surface area contributed by atoms with Gasteiger partial charge in [-0.2, -0.15) is 0 Å². The molecule has 1 aromatic carbocycles. The van der Waals surface area contributed by atoms with Gasteiger partial charge in [-0.25, -0.2) is 4.79 Å². The van der Waals surface area contributed by atoms with E-state index in [2.05, 4.69) is 9.72 Å². The van der Waals surface area contributed by atoms with Gasteiger partial charge in [-0.3, -0.25) is 4.79 Å². The zero-order valence-electron chi connectivity index (χ0n) is 9.27. The van der Waals surface area contributed by atoms with Crippen molar-refractivity contribution in [1.82, 2.24) is 4.98 Å². The predicted octanol–water partition coefficient (Wildman–Crippen LogP) is 1.83. The van der Waals surface area contributed by atoms with Crippen LogP contribution in [-0.4, -0.2) is 18.1 Å². The van der Waals surface area contributed by atoms with Crippen molar-refractivity contribution in [2.45, 2.75) is 0 Å². The highest BCUT2D eigenvalue weighted by Crippen LogP contribution is 2.20. The summed E-state index contributed by atoms with van der Waals surface area (Å²) >= 11 is 0. The maximum absolute atomic E-state index is 11.6. The van der Waals surface area contributed by atoms with E-state index in [4.69, 9.17) is 0 Å². The van der Waals surface area contributed by atoms with Gasteiger partial charge in [0, 0.05) is 6.07 Å². The van der Waals surface area contributed by atoms with Crippen LogP contribution in [0.4, 0.5) is 0 Å². The third-order valence-electron chi connectivity index (χ3n) is 2.39. The Hall–Kier alpha value is -2.36. The SMILES string of the molecule is COC(=O)c1ccc(=O)[nH]c1-c1ccccc1. The lowest BCUT2D eigenvalue weighted by Crippen LogP contribution is -2.12. The molecule has 0 fully saturated rings. The average molecular weight is 229 g/mol. The molecule has 0 amide bonds. The first-order chi connectivity index (χ1) is 8.22. The normalized spacial score (nSPS) is 9.94. The summed E-state index contributed by atoms with van der Waals surface area (Å²) in [6, 6.07) is 11.9. The molecule has 0 radical (unpaired) electrons. The number of pyridine rings is 1. The molecule has 0 saturated carbocycles. The molecule has 4 heteroatoms. The second-order valence-electron chi connectivity index (χ2n) is 3.47.